The molecular formula is C13H18N2O. The van der Waals surface area contributed by atoms with Crippen LogP contribution >= 0.6 is 0 Å². The highest BCUT2D eigenvalue weighted by Gasteiger charge is 2.24. The van der Waals surface area contributed by atoms with Crippen LogP contribution in [-0.4, -0.2) is 11.9 Å². The normalized spacial score (nSPS) is 23.2. The third-order valence-electron chi connectivity index (χ3n) is 2.95. The number of nitrogens with one attached hydrogen (secondary N) is 2. The zero-order chi connectivity index (χ0) is 11.7. The molecule has 1 aliphatic rings. The molecule has 0 unspecified atom stereocenters. The van der Waals surface area contributed by atoms with Gasteiger partial charge >= 0.3 is 0 Å². The summed E-state index contributed by atoms with van der Waals surface area (Å²) in [5.41, 5.74) is 3.57. The van der Waals surface area contributed by atoms with Crippen LogP contribution in [0.2, 0.25) is 0 Å². The first-order chi connectivity index (χ1) is 7.56. The van der Waals surface area contributed by atoms with E-state index in [1.165, 1.54) is 11.1 Å². The largest absolute Gasteiger partial charge is 0.382 e. The molecule has 0 bridgehead atoms. The molecule has 0 spiro atoms. The maximum atomic E-state index is 11.2. The zero-order valence-corrected chi connectivity index (χ0v) is 10.0. The van der Waals surface area contributed by atoms with Gasteiger partial charge in [-0.25, -0.2) is 0 Å². The lowest BCUT2D eigenvalue weighted by Crippen LogP contribution is -2.35. The molecule has 1 aromatic rings. The molecule has 0 saturated heterocycles. The van der Waals surface area contributed by atoms with E-state index < -0.39 is 0 Å². The summed E-state index contributed by atoms with van der Waals surface area (Å²) in [6.07, 6.45) is 0.941. The van der Waals surface area contributed by atoms with Gasteiger partial charge in [0, 0.05) is 18.7 Å². The molecule has 0 aliphatic carbocycles. The average molecular weight is 218 g/mol. The summed E-state index contributed by atoms with van der Waals surface area (Å²) >= 11 is 0. The van der Waals surface area contributed by atoms with Crippen molar-refractivity contribution in [1.29, 1.82) is 0 Å². The molecular weight excluding hydrogens is 200 g/mol. The molecule has 0 aromatic heterocycles. The SMILES string of the molecule is CC(=O)N[C@H]1C[C@@H](C)Nc2ccc(C)cc21. The number of hydrogen-bond acceptors (Lipinski definition) is 2. The molecule has 16 heavy (non-hydrogen) atoms. The number of carbonyl (C=O) groups excluding carboxylic acids is 1. The van der Waals surface area contributed by atoms with Gasteiger partial charge in [-0.1, -0.05) is 17.7 Å². The van der Waals surface area contributed by atoms with Gasteiger partial charge in [0.15, 0.2) is 0 Å². The molecule has 0 radical (unpaired) electrons. The first-order valence-corrected chi connectivity index (χ1v) is 5.70. The Morgan fingerprint density at radius 1 is 1.50 bits per heavy atom. The van der Waals surface area contributed by atoms with Crippen molar-refractivity contribution < 1.29 is 4.79 Å². The molecule has 0 fully saturated rings. The summed E-state index contributed by atoms with van der Waals surface area (Å²) in [5, 5.41) is 6.46. The van der Waals surface area contributed by atoms with Crippen molar-refractivity contribution in [2.24, 2.45) is 0 Å². The fraction of sp³-hybridized carbons (Fsp3) is 0.462. The third kappa shape index (κ3) is 2.18. The van der Waals surface area contributed by atoms with Crippen LogP contribution in [0.3, 0.4) is 0 Å². The van der Waals surface area contributed by atoms with Gasteiger partial charge < -0.3 is 10.6 Å². The van der Waals surface area contributed by atoms with Gasteiger partial charge in [-0.05, 0) is 31.9 Å². The summed E-state index contributed by atoms with van der Waals surface area (Å²) in [7, 11) is 0. The van der Waals surface area contributed by atoms with Crippen LogP contribution in [0.1, 0.15) is 37.4 Å². The van der Waals surface area contributed by atoms with Crippen LogP contribution in [0.25, 0.3) is 0 Å². The summed E-state index contributed by atoms with van der Waals surface area (Å²) in [5.74, 6) is 0.0338. The molecule has 1 heterocycles. The van der Waals surface area contributed by atoms with Crippen molar-refractivity contribution in [2.45, 2.75) is 39.3 Å². The molecule has 3 heteroatoms. The van der Waals surface area contributed by atoms with Crippen molar-refractivity contribution in [1.82, 2.24) is 5.32 Å². The Kier molecular flexibility index (Phi) is 2.86. The molecule has 3 nitrogen and oxygen atoms in total. The Morgan fingerprint density at radius 2 is 2.25 bits per heavy atom. The molecule has 2 rings (SSSR count). The van der Waals surface area contributed by atoms with E-state index in [1.54, 1.807) is 6.92 Å². The highest BCUT2D eigenvalue weighted by molar-refractivity contribution is 5.74. The summed E-state index contributed by atoms with van der Waals surface area (Å²) in [4.78, 5) is 11.2. The van der Waals surface area contributed by atoms with E-state index in [4.69, 9.17) is 0 Å². The van der Waals surface area contributed by atoms with Gasteiger partial charge in [0.05, 0.1) is 6.04 Å². The Bertz CT molecular complexity index is 414. The van der Waals surface area contributed by atoms with Gasteiger partial charge in [-0.3, -0.25) is 4.79 Å². The van der Waals surface area contributed by atoms with Gasteiger partial charge in [0.25, 0.3) is 0 Å². The lowest BCUT2D eigenvalue weighted by atomic mass is 9.92. The maximum Gasteiger partial charge on any atom is 0.217 e. The van der Waals surface area contributed by atoms with Crippen molar-refractivity contribution in [3.8, 4) is 0 Å². The van der Waals surface area contributed by atoms with Crippen LogP contribution in [0, 0.1) is 6.92 Å². The molecule has 86 valence electrons. The first-order valence-electron chi connectivity index (χ1n) is 5.70. The number of amides is 1. The molecule has 2 atom stereocenters. The number of fused-ring (bicyclic) bond motifs is 1. The summed E-state index contributed by atoms with van der Waals surface area (Å²) < 4.78 is 0. The second-order valence-corrected chi connectivity index (χ2v) is 4.62. The lowest BCUT2D eigenvalue weighted by molar-refractivity contribution is -0.119. The number of aryl methyl sites for hydroxylation is 1. The minimum absolute atomic E-state index is 0.0338. The Hall–Kier alpha value is -1.51. The van der Waals surface area contributed by atoms with Gasteiger partial charge in [-0.2, -0.15) is 0 Å². The summed E-state index contributed by atoms with van der Waals surface area (Å²) in [6, 6.07) is 6.87. The Labute approximate surface area is 96.2 Å². The van der Waals surface area contributed by atoms with Crippen molar-refractivity contribution >= 4 is 11.6 Å². The van der Waals surface area contributed by atoms with Crippen LogP contribution in [0.15, 0.2) is 18.2 Å². The fourth-order valence-corrected chi connectivity index (χ4v) is 2.29. The van der Waals surface area contributed by atoms with E-state index in [-0.39, 0.29) is 11.9 Å². The average Bonchev–Trinajstić information content (AvgIpc) is 2.18. The Balaban J connectivity index is 2.35. The van der Waals surface area contributed by atoms with Crippen molar-refractivity contribution in [3.63, 3.8) is 0 Å². The predicted molar refractivity (Wildman–Crippen MR) is 65.4 cm³/mol. The van der Waals surface area contributed by atoms with E-state index in [2.05, 4.69) is 42.7 Å². The standard InChI is InChI=1S/C13H18N2O/c1-8-4-5-12-11(6-8)13(15-10(3)16)7-9(2)14-12/h4-6,9,13-14H,7H2,1-3H3,(H,15,16)/t9-,13+/m1/s1. The molecule has 1 aromatic carbocycles. The predicted octanol–water partition coefficient (Wildman–Crippen LogP) is 2.38. The van der Waals surface area contributed by atoms with Crippen LogP contribution in [0.4, 0.5) is 5.69 Å². The van der Waals surface area contributed by atoms with E-state index in [1.807, 2.05) is 0 Å². The number of hydrogen-bond donors (Lipinski definition) is 2. The number of benzene rings is 1. The van der Waals surface area contributed by atoms with Crippen molar-refractivity contribution in [2.75, 3.05) is 5.32 Å². The van der Waals surface area contributed by atoms with E-state index in [9.17, 15) is 4.79 Å². The quantitative estimate of drug-likeness (QED) is 0.760. The fourth-order valence-electron chi connectivity index (χ4n) is 2.29. The smallest absolute Gasteiger partial charge is 0.217 e. The molecule has 1 aliphatic heterocycles. The van der Waals surface area contributed by atoms with Gasteiger partial charge in [0.2, 0.25) is 5.91 Å². The van der Waals surface area contributed by atoms with E-state index in [0.29, 0.717) is 6.04 Å². The summed E-state index contributed by atoms with van der Waals surface area (Å²) in [6.45, 7) is 5.78. The third-order valence-corrected chi connectivity index (χ3v) is 2.95. The second kappa shape index (κ2) is 4.16. The number of carbonyl (C=O) groups is 1. The van der Waals surface area contributed by atoms with Gasteiger partial charge in [-0.15, -0.1) is 0 Å². The molecule has 2 N–H and O–H groups in total. The molecule has 0 saturated carbocycles. The van der Waals surface area contributed by atoms with Crippen LogP contribution in [0.5, 0.6) is 0 Å². The highest BCUT2D eigenvalue weighted by atomic mass is 16.1. The molecule has 1 amide bonds. The van der Waals surface area contributed by atoms with Crippen molar-refractivity contribution in [3.05, 3.63) is 29.3 Å². The van der Waals surface area contributed by atoms with Gasteiger partial charge in [0.1, 0.15) is 0 Å². The monoisotopic (exact) mass is 218 g/mol. The topological polar surface area (TPSA) is 41.1 Å². The minimum atomic E-state index is 0.0338. The number of anilines is 1. The van der Waals surface area contributed by atoms with Crippen LogP contribution < -0.4 is 10.6 Å². The van der Waals surface area contributed by atoms with E-state index in [0.717, 1.165) is 12.1 Å². The second-order valence-electron chi connectivity index (χ2n) is 4.62. The highest BCUT2D eigenvalue weighted by Crippen LogP contribution is 2.33. The van der Waals surface area contributed by atoms with E-state index >= 15 is 0 Å². The maximum absolute atomic E-state index is 11.2. The minimum Gasteiger partial charge on any atom is -0.382 e. The number of rotatable bonds is 1. The zero-order valence-electron chi connectivity index (χ0n) is 10.0. The Morgan fingerprint density at radius 3 is 2.94 bits per heavy atom. The van der Waals surface area contributed by atoms with Crippen LogP contribution in [-0.2, 0) is 4.79 Å². The first kappa shape index (κ1) is 11.0. The lowest BCUT2D eigenvalue weighted by Gasteiger charge is -2.32.